The lowest BCUT2D eigenvalue weighted by Gasteiger charge is -2.14. The number of amides is 1. The number of hydrogen-bond acceptors (Lipinski definition) is 6. The summed E-state index contributed by atoms with van der Waals surface area (Å²) in [5.41, 5.74) is 1.55. The van der Waals surface area contributed by atoms with Crippen LogP contribution in [0.2, 0.25) is 0 Å². The number of fused-ring (bicyclic) bond motifs is 1. The molecule has 10 nitrogen and oxygen atoms in total. The molecule has 0 unspecified atom stereocenters. The second-order valence-corrected chi connectivity index (χ2v) is 10.3. The van der Waals surface area contributed by atoms with Gasteiger partial charge in [0.05, 0.1) is 23.2 Å². The van der Waals surface area contributed by atoms with Crippen molar-refractivity contribution in [3.63, 3.8) is 0 Å². The van der Waals surface area contributed by atoms with Crippen LogP contribution in [0.15, 0.2) is 70.5 Å². The van der Waals surface area contributed by atoms with Gasteiger partial charge in [-0.3, -0.25) is 19.4 Å². The summed E-state index contributed by atoms with van der Waals surface area (Å²) in [5.74, 6) is 0.192. The Kier molecular flexibility index (Phi) is 7.92. The van der Waals surface area contributed by atoms with Crippen LogP contribution in [0.25, 0.3) is 10.9 Å². The van der Waals surface area contributed by atoms with Crippen molar-refractivity contribution < 1.29 is 17.9 Å². The van der Waals surface area contributed by atoms with Crippen LogP contribution in [0.1, 0.15) is 31.0 Å². The van der Waals surface area contributed by atoms with Crippen molar-refractivity contribution in [1.82, 2.24) is 20.1 Å². The number of pyridine rings is 1. The number of benzene rings is 2. The molecule has 0 saturated heterocycles. The Bertz CT molecular complexity index is 1560. The summed E-state index contributed by atoms with van der Waals surface area (Å²) in [7, 11) is -4.02. The molecule has 1 amide bonds. The Balaban J connectivity index is 1.43. The van der Waals surface area contributed by atoms with Gasteiger partial charge in [-0.25, -0.2) is 8.42 Å². The molecule has 11 heteroatoms. The normalized spacial score (nSPS) is 11.4. The zero-order chi connectivity index (χ0) is 26.4. The summed E-state index contributed by atoms with van der Waals surface area (Å²) in [6, 6.07) is 14.6. The highest BCUT2D eigenvalue weighted by Gasteiger charge is 2.18. The molecule has 3 N–H and O–H groups in total. The molecule has 0 bridgehead atoms. The molecule has 2 heterocycles. The van der Waals surface area contributed by atoms with E-state index in [1.54, 1.807) is 31.3 Å². The van der Waals surface area contributed by atoms with Gasteiger partial charge in [0.15, 0.2) is 0 Å². The number of rotatable bonds is 11. The monoisotopic (exact) mass is 523 g/mol. The minimum atomic E-state index is -4.02. The van der Waals surface area contributed by atoms with Gasteiger partial charge in [-0.2, -0.15) is 5.10 Å². The fraction of sp³-hybridized carbons (Fsp3) is 0.269. The topological polar surface area (TPSA) is 135 Å². The van der Waals surface area contributed by atoms with E-state index in [1.807, 2.05) is 18.2 Å². The van der Waals surface area contributed by atoms with Crippen LogP contribution in [0, 0.1) is 6.92 Å². The van der Waals surface area contributed by atoms with Gasteiger partial charge in [0.2, 0.25) is 5.91 Å². The number of carbonyl (C=O) groups excluding carboxylic acids is 1. The third-order valence-corrected chi connectivity index (χ3v) is 7.21. The number of hydrogen-bond donors (Lipinski definition) is 3. The molecule has 4 aromatic rings. The Morgan fingerprint density at radius 1 is 1.11 bits per heavy atom. The number of carbonyl (C=O) groups is 1. The summed E-state index contributed by atoms with van der Waals surface area (Å²) in [6.07, 6.45) is 3.60. The first-order chi connectivity index (χ1) is 17.8. The highest BCUT2D eigenvalue weighted by atomic mass is 32.2. The van der Waals surface area contributed by atoms with Gasteiger partial charge in [-0.15, -0.1) is 0 Å². The number of ether oxygens (including phenoxy) is 1. The second-order valence-electron chi connectivity index (χ2n) is 8.63. The van der Waals surface area contributed by atoms with E-state index in [0.29, 0.717) is 18.1 Å². The molecule has 0 atom stereocenters. The van der Waals surface area contributed by atoms with Gasteiger partial charge in [-0.1, -0.05) is 19.4 Å². The largest absolute Gasteiger partial charge is 0.494 e. The van der Waals surface area contributed by atoms with Crippen LogP contribution < -0.4 is 20.3 Å². The fourth-order valence-corrected chi connectivity index (χ4v) is 4.76. The quantitative estimate of drug-likeness (QED) is 0.258. The molecule has 4 rings (SSSR count). The number of anilines is 1. The van der Waals surface area contributed by atoms with Gasteiger partial charge in [0.25, 0.3) is 15.6 Å². The van der Waals surface area contributed by atoms with Gasteiger partial charge in [-0.05, 0) is 67.4 Å². The third-order valence-electron chi connectivity index (χ3n) is 5.83. The van der Waals surface area contributed by atoms with E-state index in [1.165, 1.54) is 22.8 Å². The van der Waals surface area contributed by atoms with E-state index in [2.05, 4.69) is 27.2 Å². The maximum absolute atomic E-state index is 13.1. The predicted octanol–water partition coefficient (Wildman–Crippen LogP) is 3.33. The maximum atomic E-state index is 13.1. The summed E-state index contributed by atoms with van der Waals surface area (Å²) < 4.78 is 34.9. The summed E-state index contributed by atoms with van der Waals surface area (Å²) >= 11 is 0. The molecule has 37 heavy (non-hydrogen) atoms. The van der Waals surface area contributed by atoms with E-state index in [4.69, 9.17) is 4.74 Å². The molecule has 194 valence electrons. The van der Waals surface area contributed by atoms with Crippen LogP contribution in [0.3, 0.4) is 0 Å². The number of nitrogens with zero attached hydrogens (tertiary/aromatic N) is 2. The number of sulfonamides is 1. The van der Waals surface area contributed by atoms with Crippen molar-refractivity contribution in [3.8, 4) is 5.75 Å². The van der Waals surface area contributed by atoms with Gasteiger partial charge in [0, 0.05) is 17.6 Å². The molecule has 0 saturated carbocycles. The van der Waals surface area contributed by atoms with Crippen LogP contribution >= 0.6 is 0 Å². The summed E-state index contributed by atoms with van der Waals surface area (Å²) in [4.78, 5) is 25.7. The summed E-state index contributed by atoms with van der Waals surface area (Å²) in [6.45, 7) is 4.31. The first-order valence-corrected chi connectivity index (χ1v) is 13.4. The minimum Gasteiger partial charge on any atom is -0.494 e. The lowest BCUT2D eigenvalue weighted by molar-refractivity contribution is -0.121. The number of nitrogens with one attached hydrogen (secondary N) is 3. The number of aromatic nitrogens is 3. The minimum absolute atomic E-state index is 0.00537. The average Bonchev–Trinajstić information content (AvgIpc) is 3.35. The van der Waals surface area contributed by atoms with Gasteiger partial charge < -0.3 is 14.6 Å². The Morgan fingerprint density at radius 3 is 2.65 bits per heavy atom. The lowest BCUT2D eigenvalue weighted by Crippen LogP contribution is -2.34. The molecule has 2 aromatic heterocycles. The maximum Gasteiger partial charge on any atom is 0.275 e. The number of aromatic amines is 1. The molecule has 0 spiro atoms. The van der Waals surface area contributed by atoms with Crippen LogP contribution in [0.5, 0.6) is 5.75 Å². The Morgan fingerprint density at radius 2 is 1.89 bits per heavy atom. The standard InChI is InChI=1S/C26H29N5O5S/c1-3-4-13-36-21-7-9-22(10-8-21)37(34,35)30-24-11-5-18(2)31(26(24)33)17-25(32)27-15-19-6-12-23-20(14-19)16-28-29-23/h5-12,14,16,30H,3-4,13,15,17H2,1-2H3,(H,27,32)(H,28,29). The van der Waals surface area contributed by atoms with Gasteiger partial charge in [0.1, 0.15) is 18.0 Å². The highest BCUT2D eigenvalue weighted by molar-refractivity contribution is 7.92. The Hall–Kier alpha value is -4.12. The zero-order valence-electron chi connectivity index (χ0n) is 20.7. The van der Waals surface area contributed by atoms with Crippen LogP contribution in [0.4, 0.5) is 5.69 Å². The van der Waals surface area contributed by atoms with Crippen molar-refractivity contribution >= 4 is 32.5 Å². The fourth-order valence-electron chi connectivity index (χ4n) is 3.70. The van der Waals surface area contributed by atoms with E-state index in [9.17, 15) is 18.0 Å². The molecule has 0 aliphatic rings. The average molecular weight is 524 g/mol. The smallest absolute Gasteiger partial charge is 0.275 e. The van der Waals surface area contributed by atoms with Gasteiger partial charge >= 0.3 is 0 Å². The van der Waals surface area contributed by atoms with Crippen molar-refractivity contribution in [1.29, 1.82) is 0 Å². The molecular formula is C26H29N5O5S. The second kappa shape index (κ2) is 11.3. The van der Waals surface area contributed by atoms with Crippen molar-refractivity contribution in [2.24, 2.45) is 0 Å². The number of unbranched alkanes of at least 4 members (excludes halogenated alkanes) is 1. The van der Waals surface area contributed by atoms with Crippen LogP contribution in [-0.2, 0) is 27.9 Å². The number of aryl methyl sites for hydroxylation is 1. The zero-order valence-corrected chi connectivity index (χ0v) is 21.5. The van der Waals surface area contributed by atoms with Crippen molar-refractivity contribution in [2.45, 2.75) is 44.7 Å². The molecule has 0 radical (unpaired) electrons. The number of H-pyrrole nitrogens is 1. The Labute approximate surface area is 214 Å². The molecule has 0 fully saturated rings. The van der Waals surface area contributed by atoms with E-state index < -0.39 is 15.6 Å². The SMILES string of the molecule is CCCCOc1ccc(S(=O)(=O)Nc2ccc(C)n(CC(=O)NCc3ccc4[nH]ncc4c3)c2=O)cc1. The molecule has 0 aliphatic carbocycles. The summed E-state index contributed by atoms with van der Waals surface area (Å²) in [5, 5.41) is 10.6. The van der Waals surface area contributed by atoms with E-state index >= 15 is 0 Å². The van der Waals surface area contributed by atoms with E-state index in [-0.39, 0.29) is 29.6 Å². The first kappa shape index (κ1) is 26.0. The molecule has 2 aromatic carbocycles. The van der Waals surface area contributed by atoms with E-state index in [0.717, 1.165) is 29.3 Å². The predicted molar refractivity (Wildman–Crippen MR) is 141 cm³/mol. The lowest BCUT2D eigenvalue weighted by atomic mass is 10.1. The highest BCUT2D eigenvalue weighted by Crippen LogP contribution is 2.19. The third kappa shape index (κ3) is 6.36. The van der Waals surface area contributed by atoms with Crippen molar-refractivity contribution in [2.75, 3.05) is 11.3 Å². The van der Waals surface area contributed by atoms with Crippen LogP contribution in [-0.4, -0.2) is 35.7 Å². The molecular weight excluding hydrogens is 494 g/mol. The van der Waals surface area contributed by atoms with Crippen molar-refractivity contribution in [3.05, 3.63) is 82.4 Å². The first-order valence-electron chi connectivity index (χ1n) is 11.9. The molecule has 0 aliphatic heterocycles.